The highest BCUT2D eigenvalue weighted by Crippen LogP contribution is 2.60. The molecule has 3 heterocycles. The molecule has 1 aromatic rings. The van der Waals surface area contributed by atoms with E-state index in [1.54, 1.807) is 11.3 Å². The predicted octanol–water partition coefficient (Wildman–Crippen LogP) is 4.19. The third-order valence-corrected chi connectivity index (χ3v) is 9.57. The molecule has 6 fully saturated rings. The van der Waals surface area contributed by atoms with E-state index in [0.29, 0.717) is 18.1 Å². The maximum Gasteiger partial charge on any atom is 0.273 e. The zero-order valence-electron chi connectivity index (χ0n) is 18.0. The first-order valence-corrected chi connectivity index (χ1v) is 13.1. The Balaban J connectivity index is 1.01. The molecule has 0 N–H and O–H groups in total. The molecule has 6 aliphatic rings. The third kappa shape index (κ3) is 3.58. The van der Waals surface area contributed by atoms with Crippen molar-refractivity contribution >= 4 is 17.2 Å². The van der Waals surface area contributed by atoms with Crippen LogP contribution in [0.25, 0.3) is 0 Å². The van der Waals surface area contributed by atoms with Gasteiger partial charge in [-0.15, -0.1) is 0 Å². The van der Waals surface area contributed by atoms with Gasteiger partial charge in [0.05, 0.1) is 5.41 Å². The molecule has 0 atom stereocenters. The first kappa shape index (κ1) is 19.5. The van der Waals surface area contributed by atoms with Gasteiger partial charge < -0.3 is 9.64 Å². The average molecular weight is 430 g/mol. The van der Waals surface area contributed by atoms with Gasteiger partial charge in [-0.3, -0.25) is 9.69 Å². The van der Waals surface area contributed by atoms with Gasteiger partial charge in [-0.05, 0) is 82.0 Å². The number of likely N-dealkylation sites (tertiary alicyclic amines) is 2. The zero-order chi connectivity index (χ0) is 20.1. The Morgan fingerprint density at radius 3 is 2.17 bits per heavy atom. The molecule has 164 valence electrons. The minimum atomic E-state index is 0.0348. The van der Waals surface area contributed by atoms with Crippen LogP contribution in [0.5, 0.6) is 5.19 Å². The molecule has 0 spiro atoms. The van der Waals surface area contributed by atoms with E-state index in [2.05, 4.69) is 14.8 Å². The molecule has 4 aliphatic carbocycles. The van der Waals surface area contributed by atoms with Crippen LogP contribution in [-0.4, -0.2) is 59.0 Å². The fraction of sp³-hybridized carbons (Fsp3) is 0.833. The topological polar surface area (TPSA) is 45.7 Å². The minimum absolute atomic E-state index is 0.0348. The predicted molar refractivity (Wildman–Crippen MR) is 118 cm³/mol. The Hall–Kier alpha value is -1.14. The van der Waals surface area contributed by atoms with E-state index in [4.69, 9.17) is 4.74 Å². The van der Waals surface area contributed by atoms with E-state index >= 15 is 0 Å². The number of piperidine rings is 2. The number of aromatic nitrogens is 1. The monoisotopic (exact) mass is 429 g/mol. The van der Waals surface area contributed by atoms with E-state index < -0.39 is 0 Å². The number of amides is 1. The SMILES string of the molecule is O=C(N1CCC(N2CCC(Oc3nccs3)CC2)CC1)C12CC3CC(CC(C3)C1)C2. The summed E-state index contributed by atoms with van der Waals surface area (Å²) in [6, 6.07) is 0.645. The molecule has 30 heavy (non-hydrogen) atoms. The number of hydrogen-bond donors (Lipinski definition) is 0. The molecule has 0 aromatic carbocycles. The molecule has 0 unspecified atom stereocenters. The van der Waals surface area contributed by atoms with Gasteiger partial charge in [0, 0.05) is 43.8 Å². The summed E-state index contributed by atoms with van der Waals surface area (Å²) in [6.45, 7) is 4.18. The maximum absolute atomic E-state index is 13.6. The highest BCUT2D eigenvalue weighted by Gasteiger charge is 2.55. The van der Waals surface area contributed by atoms with E-state index in [9.17, 15) is 4.79 Å². The second kappa shape index (κ2) is 7.77. The Bertz CT molecular complexity index is 715. The third-order valence-electron chi connectivity index (χ3n) is 8.91. The summed E-state index contributed by atoms with van der Waals surface area (Å²) in [6.07, 6.45) is 14.4. The lowest BCUT2D eigenvalue weighted by Crippen LogP contribution is -2.57. The van der Waals surface area contributed by atoms with Crippen molar-refractivity contribution in [2.75, 3.05) is 26.2 Å². The summed E-state index contributed by atoms with van der Waals surface area (Å²) in [5.41, 5.74) is 0.0348. The van der Waals surface area contributed by atoms with Crippen LogP contribution in [-0.2, 0) is 4.79 Å². The van der Waals surface area contributed by atoms with Gasteiger partial charge in [0.1, 0.15) is 6.10 Å². The Morgan fingerprint density at radius 2 is 1.60 bits per heavy atom. The smallest absolute Gasteiger partial charge is 0.273 e. The van der Waals surface area contributed by atoms with Crippen molar-refractivity contribution < 1.29 is 9.53 Å². The molecule has 2 saturated heterocycles. The summed E-state index contributed by atoms with van der Waals surface area (Å²) >= 11 is 1.58. The summed E-state index contributed by atoms with van der Waals surface area (Å²) in [7, 11) is 0. The normalized spacial score (nSPS) is 37.6. The number of ether oxygens (including phenoxy) is 1. The highest BCUT2D eigenvalue weighted by atomic mass is 32.1. The number of carbonyl (C=O) groups excluding carboxylic acids is 1. The van der Waals surface area contributed by atoms with Gasteiger partial charge in [-0.2, -0.15) is 0 Å². The van der Waals surface area contributed by atoms with Crippen LogP contribution >= 0.6 is 11.3 Å². The molecular formula is C24H35N3O2S. The summed E-state index contributed by atoms with van der Waals surface area (Å²) in [5.74, 6) is 3.09. The van der Waals surface area contributed by atoms with Gasteiger partial charge >= 0.3 is 0 Å². The van der Waals surface area contributed by atoms with E-state index in [0.717, 1.165) is 74.8 Å². The van der Waals surface area contributed by atoms with Gasteiger partial charge in [0.2, 0.25) is 5.91 Å². The number of rotatable bonds is 4. The van der Waals surface area contributed by atoms with E-state index in [-0.39, 0.29) is 5.41 Å². The molecule has 2 aliphatic heterocycles. The van der Waals surface area contributed by atoms with Gasteiger partial charge in [0.15, 0.2) is 0 Å². The van der Waals surface area contributed by atoms with Crippen molar-refractivity contribution in [3.05, 3.63) is 11.6 Å². The Labute approximate surface area is 184 Å². The number of hydrogen-bond acceptors (Lipinski definition) is 5. The molecule has 6 heteroatoms. The Morgan fingerprint density at radius 1 is 0.967 bits per heavy atom. The lowest BCUT2D eigenvalue weighted by Gasteiger charge is -2.57. The summed E-state index contributed by atoms with van der Waals surface area (Å²) in [4.78, 5) is 22.8. The molecule has 7 rings (SSSR count). The van der Waals surface area contributed by atoms with Crippen molar-refractivity contribution in [2.24, 2.45) is 23.2 Å². The second-order valence-electron chi connectivity index (χ2n) is 10.9. The lowest BCUT2D eigenvalue weighted by molar-refractivity contribution is -0.159. The average Bonchev–Trinajstić information content (AvgIpc) is 3.26. The van der Waals surface area contributed by atoms with Crippen molar-refractivity contribution in [1.29, 1.82) is 0 Å². The van der Waals surface area contributed by atoms with Crippen LogP contribution in [0, 0.1) is 23.2 Å². The zero-order valence-corrected chi connectivity index (χ0v) is 18.8. The fourth-order valence-electron chi connectivity index (χ4n) is 7.91. The van der Waals surface area contributed by atoms with Crippen molar-refractivity contribution in [1.82, 2.24) is 14.8 Å². The molecule has 4 bridgehead atoms. The Kier molecular flexibility index (Phi) is 5.06. The van der Waals surface area contributed by atoms with Crippen LogP contribution < -0.4 is 4.74 Å². The molecule has 1 aromatic heterocycles. The van der Waals surface area contributed by atoms with Gasteiger partial charge in [-0.1, -0.05) is 11.3 Å². The van der Waals surface area contributed by atoms with Crippen LogP contribution in [0.1, 0.15) is 64.2 Å². The second-order valence-corrected chi connectivity index (χ2v) is 11.7. The van der Waals surface area contributed by atoms with Gasteiger partial charge in [0.25, 0.3) is 5.19 Å². The van der Waals surface area contributed by atoms with Crippen molar-refractivity contribution in [3.63, 3.8) is 0 Å². The van der Waals surface area contributed by atoms with E-state index in [1.807, 2.05) is 11.6 Å². The molecular weight excluding hydrogens is 394 g/mol. The fourth-order valence-corrected chi connectivity index (χ4v) is 8.46. The summed E-state index contributed by atoms with van der Waals surface area (Å²) < 4.78 is 6.02. The van der Waals surface area contributed by atoms with Crippen LogP contribution in [0.2, 0.25) is 0 Å². The van der Waals surface area contributed by atoms with E-state index in [1.165, 1.54) is 38.5 Å². The first-order chi connectivity index (χ1) is 14.7. The lowest BCUT2D eigenvalue weighted by atomic mass is 9.49. The largest absolute Gasteiger partial charge is 0.467 e. The number of nitrogens with zero attached hydrogens (tertiary/aromatic N) is 3. The minimum Gasteiger partial charge on any atom is -0.467 e. The standard InChI is InChI=1S/C24H35N3O2S/c28-22(24-14-17-11-18(15-24)13-19(12-17)16-24)27-6-1-20(2-7-27)26-8-3-21(4-9-26)29-23-25-5-10-30-23/h5,10,17-21H,1-4,6-9,11-16H2. The van der Waals surface area contributed by atoms with Gasteiger partial charge in [-0.25, -0.2) is 4.98 Å². The molecule has 1 amide bonds. The molecule has 5 nitrogen and oxygen atoms in total. The maximum atomic E-state index is 13.6. The quantitative estimate of drug-likeness (QED) is 0.720. The van der Waals surface area contributed by atoms with Crippen LogP contribution in [0.4, 0.5) is 0 Å². The molecule has 0 radical (unpaired) electrons. The summed E-state index contributed by atoms with van der Waals surface area (Å²) in [5, 5.41) is 2.79. The highest BCUT2D eigenvalue weighted by molar-refractivity contribution is 7.11. The van der Waals surface area contributed by atoms with Crippen LogP contribution in [0.3, 0.4) is 0 Å². The number of carbonyl (C=O) groups is 1. The van der Waals surface area contributed by atoms with Crippen molar-refractivity contribution in [2.45, 2.75) is 76.4 Å². The molecule has 4 saturated carbocycles. The van der Waals surface area contributed by atoms with Crippen LogP contribution in [0.15, 0.2) is 11.6 Å². The van der Waals surface area contributed by atoms with Crippen molar-refractivity contribution in [3.8, 4) is 5.19 Å². The number of thiazole rings is 1. The first-order valence-electron chi connectivity index (χ1n) is 12.3.